The first-order valence-electron chi connectivity index (χ1n) is 6.34. The Hall–Kier alpha value is -0.440. The molecule has 1 aromatic carbocycles. The van der Waals surface area contributed by atoms with Crippen LogP contribution in [0, 0.1) is 5.92 Å². The zero-order valence-corrected chi connectivity index (χ0v) is 12.2. The lowest BCUT2D eigenvalue weighted by molar-refractivity contribution is 0.0685. The molecule has 0 aromatic heterocycles. The third-order valence-electron chi connectivity index (χ3n) is 3.47. The quantitative estimate of drug-likeness (QED) is 0.778. The molecule has 100 valence electrons. The standard InChI is InChI=1S/C14H19Cl2NO/c1-17(10-11-4-6-18-7-5-11)14-3-2-13(16)8-12(14)9-15/h2-3,8,11H,4-7,9-10H2,1H3. The van der Waals surface area contributed by atoms with Crippen molar-refractivity contribution in [1.29, 1.82) is 0 Å². The third-order valence-corrected chi connectivity index (χ3v) is 3.99. The molecule has 0 unspecified atom stereocenters. The number of anilines is 1. The van der Waals surface area contributed by atoms with E-state index in [0.717, 1.165) is 43.2 Å². The number of benzene rings is 1. The Morgan fingerprint density at radius 2 is 2.06 bits per heavy atom. The van der Waals surface area contributed by atoms with Gasteiger partial charge >= 0.3 is 0 Å². The van der Waals surface area contributed by atoms with Crippen LogP contribution in [0.25, 0.3) is 0 Å². The van der Waals surface area contributed by atoms with E-state index in [0.29, 0.717) is 11.8 Å². The normalized spacial score (nSPS) is 16.8. The number of hydrogen-bond donors (Lipinski definition) is 0. The zero-order chi connectivity index (χ0) is 13.0. The van der Waals surface area contributed by atoms with Crippen molar-refractivity contribution in [1.82, 2.24) is 0 Å². The molecule has 1 saturated heterocycles. The van der Waals surface area contributed by atoms with Gasteiger partial charge in [-0.05, 0) is 42.5 Å². The molecule has 4 heteroatoms. The average Bonchev–Trinajstić information content (AvgIpc) is 2.39. The van der Waals surface area contributed by atoms with Crippen LogP contribution in [0.2, 0.25) is 5.02 Å². The summed E-state index contributed by atoms with van der Waals surface area (Å²) in [4.78, 5) is 2.28. The molecule has 0 spiro atoms. The Kier molecular flexibility index (Phi) is 5.16. The Bertz CT molecular complexity index is 391. The molecule has 2 rings (SSSR count). The van der Waals surface area contributed by atoms with Crippen molar-refractivity contribution in [3.8, 4) is 0 Å². The number of nitrogens with zero attached hydrogens (tertiary/aromatic N) is 1. The van der Waals surface area contributed by atoms with Gasteiger partial charge in [-0.3, -0.25) is 0 Å². The van der Waals surface area contributed by atoms with Gasteiger partial charge in [-0.2, -0.15) is 0 Å². The van der Waals surface area contributed by atoms with Crippen molar-refractivity contribution in [2.45, 2.75) is 18.7 Å². The monoisotopic (exact) mass is 287 g/mol. The molecule has 0 amide bonds. The Morgan fingerprint density at radius 1 is 1.33 bits per heavy atom. The maximum Gasteiger partial charge on any atom is 0.0495 e. The molecule has 0 saturated carbocycles. The molecule has 1 heterocycles. The Balaban J connectivity index is 2.05. The Labute approximate surface area is 119 Å². The summed E-state index contributed by atoms with van der Waals surface area (Å²) in [7, 11) is 2.12. The number of rotatable bonds is 4. The average molecular weight is 288 g/mol. The molecule has 1 fully saturated rings. The minimum absolute atomic E-state index is 0.494. The second-order valence-corrected chi connectivity index (χ2v) is 5.55. The maximum atomic E-state index is 6.00. The summed E-state index contributed by atoms with van der Waals surface area (Å²) in [5, 5.41) is 0.744. The molecule has 1 aliphatic heterocycles. The largest absolute Gasteiger partial charge is 0.381 e. The molecule has 2 nitrogen and oxygen atoms in total. The summed E-state index contributed by atoms with van der Waals surface area (Å²) in [6.45, 7) is 2.83. The fourth-order valence-electron chi connectivity index (χ4n) is 2.45. The fourth-order valence-corrected chi connectivity index (χ4v) is 2.86. The lowest BCUT2D eigenvalue weighted by Gasteiger charge is -2.29. The number of halogens is 2. The van der Waals surface area contributed by atoms with Gasteiger partial charge in [0.15, 0.2) is 0 Å². The van der Waals surface area contributed by atoms with Crippen LogP contribution in [-0.4, -0.2) is 26.8 Å². The van der Waals surface area contributed by atoms with Crippen LogP contribution in [0.5, 0.6) is 0 Å². The predicted octanol–water partition coefficient (Wildman–Crippen LogP) is 3.94. The van der Waals surface area contributed by atoms with E-state index in [1.807, 2.05) is 12.1 Å². The van der Waals surface area contributed by atoms with Crippen molar-refractivity contribution in [3.05, 3.63) is 28.8 Å². The second kappa shape index (κ2) is 6.65. The molecule has 0 radical (unpaired) electrons. The minimum Gasteiger partial charge on any atom is -0.381 e. The van der Waals surface area contributed by atoms with Crippen molar-refractivity contribution in [2.24, 2.45) is 5.92 Å². The van der Waals surface area contributed by atoms with Gasteiger partial charge in [-0.1, -0.05) is 11.6 Å². The highest BCUT2D eigenvalue weighted by atomic mass is 35.5. The third kappa shape index (κ3) is 3.53. The molecule has 18 heavy (non-hydrogen) atoms. The van der Waals surface area contributed by atoms with E-state index in [9.17, 15) is 0 Å². The summed E-state index contributed by atoms with van der Waals surface area (Å²) in [5.41, 5.74) is 2.28. The number of hydrogen-bond acceptors (Lipinski definition) is 2. The van der Waals surface area contributed by atoms with Gasteiger partial charge in [0.25, 0.3) is 0 Å². The highest BCUT2D eigenvalue weighted by Crippen LogP contribution is 2.27. The molecule has 0 aliphatic carbocycles. The lowest BCUT2D eigenvalue weighted by Crippen LogP contribution is -2.30. The smallest absolute Gasteiger partial charge is 0.0495 e. The predicted molar refractivity (Wildman–Crippen MR) is 77.8 cm³/mol. The highest BCUT2D eigenvalue weighted by molar-refractivity contribution is 6.30. The molecule has 0 bridgehead atoms. The van der Waals surface area contributed by atoms with Crippen molar-refractivity contribution >= 4 is 28.9 Å². The van der Waals surface area contributed by atoms with Crippen LogP contribution >= 0.6 is 23.2 Å². The van der Waals surface area contributed by atoms with Crippen LogP contribution in [0.1, 0.15) is 18.4 Å². The van der Waals surface area contributed by atoms with Crippen LogP contribution in [0.15, 0.2) is 18.2 Å². The minimum atomic E-state index is 0.494. The zero-order valence-electron chi connectivity index (χ0n) is 10.7. The van der Waals surface area contributed by atoms with E-state index >= 15 is 0 Å². The Morgan fingerprint density at radius 3 is 2.72 bits per heavy atom. The van der Waals surface area contributed by atoms with Crippen LogP contribution in [0.3, 0.4) is 0 Å². The summed E-state index contributed by atoms with van der Waals surface area (Å²) in [6.07, 6.45) is 2.29. The van der Waals surface area contributed by atoms with Crippen LogP contribution < -0.4 is 4.90 Å². The van der Waals surface area contributed by atoms with Gasteiger partial charge < -0.3 is 9.64 Å². The summed E-state index contributed by atoms with van der Waals surface area (Å²) < 4.78 is 5.39. The van der Waals surface area contributed by atoms with Crippen molar-refractivity contribution in [2.75, 3.05) is 31.7 Å². The lowest BCUT2D eigenvalue weighted by atomic mass is 9.99. The van der Waals surface area contributed by atoms with Gasteiger partial charge in [-0.15, -0.1) is 11.6 Å². The van der Waals surface area contributed by atoms with Crippen molar-refractivity contribution in [3.63, 3.8) is 0 Å². The maximum absolute atomic E-state index is 6.00. The molecular weight excluding hydrogens is 269 g/mol. The van der Waals surface area contributed by atoms with Gasteiger partial charge in [0.1, 0.15) is 0 Å². The van der Waals surface area contributed by atoms with Crippen LogP contribution in [0.4, 0.5) is 5.69 Å². The molecular formula is C14H19Cl2NO. The number of ether oxygens (including phenoxy) is 1. The molecule has 1 aromatic rings. The summed E-state index contributed by atoms with van der Waals surface area (Å²) in [5.74, 6) is 1.20. The SMILES string of the molecule is CN(CC1CCOCC1)c1ccc(Cl)cc1CCl. The van der Waals surface area contributed by atoms with E-state index in [2.05, 4.69) is 18.0 Å². The van der Waals surface area contributed by atoms with E-state index in [1.54, 1.807) is 0 Å². The van der Waals surface area contributed by atoms with Gasteiger partial charge in [0.2, 0.25) is 0 Å². The van der Waals surface area contributed by atoms with E-state index < -0.39 is 0 Å². The first-order valence-corrected chi connectivity index (χ1v) is 7.25. The van der Waals surface area contributed by atoms with Crippen LogP contribution in [-0.2, 0) is 10.6 Å². The molecule has 0 atom stereocenters. The topological polar surface area (TPSA) is 12.5 Å². The van der Waals surface area contributed by atoms with Gasteiger partial charge in [0, 0.05) is 43.4 Å². The van der Waals surface area contributed by atoms with Gasteiger partial charge in [-0.25, -0.2) is 0 Å². The fraction of sp³-hybridized carbons (Fsp3) is 0.571. The van der Waals surface area contributed by atoms with Crippen molar-refractivity contribution < 1.29 is 4.74 Å². The first-order chi connectivity index (χ1) is 8.70. The summed E-state index contributed by atoms with van der Waals surface area (Å²) >= 11 is 12.0. The summed E-state index contributed by atoms with van der Waals surface area (Å²) in [6, 6.07) is 5.93. The molecule has 0 N–H and O–H groups in total. The second-order valence-electron chi connectivity index (χ2n) is 4.84. The molecule has 1 aliphatic rings. The van der Waals surface area contributed by atoms with E-state index in [4.69, 9.17) is 27.9 Å². The van der Waals surface area contributed by atoms with E-state index in [-0.39, 0.29) is 0 Å². The van der Waals surface area contributed by atoms with Gasteiger partial charge in [0.05, 0.1) is 0 Å². The first kappa shape index (κ1) is 14.0. The highest BCUT2D eigenvalue weighted by Gasteiger charge is 2.17. The van der Waals surface area contributed by atoms with E-state index in [1.165, 1.54) is 5.69 Å². The number of alkyl halides is 1.